The zero-order valence-corrected chi connectivity index (χ0v) is 18.0. The van der Waals surface area contributed by atoms with Crippen molar-refractivity contribution in [3.05, 3.63) is 29.5 Å². The van der Waals surface area contributed by atoms with Gasteiger partial charge in [-0.15, -0.1) is 0 Å². The van der Waals surface area contributed by atoms with Crippen LogP contribution < -0.4 is 16.0 Å². The van der Waals surface area contributed by atoms with Gasteiger partial charge < -0.3 is 10.6 Å². The Morgan fingerprint density at radius 1 is 1.23 bits per heavy atom. The largest absolute Gasteiger partial charge is 0.417 e. The van der Waals surface area contributed by atoms with Crippen molar-refractivity contribution in [3.63, 3.8) is 0 Å². The summed E-state index contributed by atoms with van der Waals surface area (Å²) in [7, 11) is -2.67. The van der Waals surface area contributed by atoms with E-state index in [1.165, 1.54) is 20.0 Å². The summed E-state index contributed by atoms with van der Waals surface area (Å²) in [4.78, 5) is 27.1. The lowest BCUT2D eigenvalue weighted by atomic mass is 10.1. The van der Waals surface area contributed by atoms with Gasteiger partial charge >= 0.3 is 12.2 Å². The molecule has 0 aliphatic carbocycles. The van der Waals surface area contributed by atoms with Gasteiger partial charge in [0.15, 0.2) is 15.0 Å². The van der Waals surface area contributed by atoms with E-state index in [9.17, 15) is 31.2 Å². The van der Waals surface area contributed by atoms with Crippen LogP contribution >= 0.6 is 11.3 Å². The molecule has 0 spiro atoms. The van der Waals surface area contributed by atoms with Gasteiger partial charge in [-0.1, -0.05) is 17.4 Å². The molecule has 0 radical (unpaired) electrons. The molecule has 3 N–H and O–H groups in total. The number of nitrogens with zero attached hydrogens (tertiary/aromatic N) is 1. The Hall–Kier alpha value is -2.67. The molecular weight excluding hydrogens is 445 g/mol. The number of amides is 3. The van der Waals surface area contributed by atoms with E-state index in [-0.39, 0.29) is 10.7 Å². The van der Waals surface area contributed by atoms with Crippen LogP contribution in [-0.2, 0) is 20.8 Å². The topological polar surface area (TPSA) is 117 Å². The molecular formula is C17H19F3N4O4S2. The van der Waals surface area contributed by atoms with E-state index in [1.54, 1.807) is 6.92 Å². The maximum Gasteiger partial charge on any atom is 0.417 e. The third-order valence-electron chi connectivity index (χ3n) is 3.95. The molecule has 1 aromatic heterocycles. The molecule has 0 aliphatic rings. The summed E-state index contributed by atoms with van der Waals surface area (Å²) in [6, 6.07) is 1.37. The molecule has 3 amide bonds. The number of halogens is 3. The number of likely N-dealkylation sites (N-methyl/N-ethyl adjacent to an activating group) is 1. The Morgan fingerprint density at radius 3 is 2.40 bits per heavy atom. The van der Waals surface area contributed by atoms with Crippen molar-refractivity contribution in [2.45, 2.75) is 31.0 Å². The number of rotatable bonds is 5. The maximum absolute atomic E-state index is 13.4. The highest BCUT2D eigenvalue weighted by Gasteiger charge is 2.36. The number of benzene rings is 1. The molecule has 0 saturated heterocycles. The Balaban J connectivity index is 2.35. The SMILES string of the molecule is CNC(=O)[C@H](C)NC(=O)Nc1nc(C)c(-c2ccc(S(C)(=O)=O)c(C(F)(F)F)c2)s1. The van der Waals surface area contributed by atoms with Crippen LogP contribution in [0.4, 0.5) is 23.1 Å². The Bertz CT molecular complexity index is 1080. The fraction of sp³-hybridized carbons (Fsp3) is 0.353. The van der Waals surface area contributed by atoms with Crippen molar-refractivity contribution in [1.29, 1.82) is 0 Å². The highest BCUT2D eigenvalue weighted by Crippen LogP contribution is 2.39. The summed E-state index contributed by atoms with van der Waals surface area (Å²) in [5, 5.41) is 7.29. The number of anilines is 1. The fourth-order valence-corrected chi connectivity index (χ4v) is 4.39. The van der Waals surface area contributed by atoms with Gasteiger partial charge in [0.2, 0.25) is 5.91 Å². The van der Waals surface area contributed by atoms with Crippen LogP contribution in [0.3, 0.4) is 0 Å². The van der Waals surface area contributed by atoms with Crippen LogP contribution in [0.2, 0.25) is 0 Å². The number of carbonyl (C=O) groups excluding carboxylic acids is 2. The van der Waals surface area contributed by atoms with Crippen LogP contribution in [0.25, 0.3) is 10.4 Å². The zero-order chi connectivity index (χ0) is 22.9. The van der Waals surface area contributed by atoms with E-state index >= 15 is 0 Å². The first-order chi connectivity index (χ1) is 13.7. The second-order valence-electron chi connectivity index (χ2n) is 6.35. The smallest absolute Gasteiger partial charge is 0.357 e. The van der Waals surface area contributed by atoms with E-state index in [0.29, 0.717) is 16.8 Å². The predicted molar refractivity (Wildman–Crippen MR) is 106 cm³/mol. The molecule has 0 fully saturated rings. The first kappa shape index (κ1) is 23.6. The number of carbonyl (C=O) groups is 2. The van der Waals surface area contributed by atoms with Crippen LogP contribution in [0.5, 0.6) is 0 Å². The summed E-state index contributed by atoms with van der Waals surface area (Å²) in [5.74, 6) is -0.410. The second-order valence-corrected chi connectivity index (χ2v) is 9.33. The lowest BCUT2D eigenvalue weighted by Gasteiger charge is -2.13. The summed E-state index contributed by atoms with van der Waals surface area (Å²) in [6.07, 6.45) is -4.17. The first-order valence-corrected chi connectivity index (χ1v) is 11.1. The van der Waals surface area contributed by atoms with Gasteiger partial charge in [-0.05, 0) is 31.5 Å². The summed E-state index contributed by atoms with van der Waals surface area (Å²) >= 11 is 0.914. The number of urea groups is 1. The van der Waals surface area contributed by atoms with E-state index < -0.39 is 44.5 Å². The van der Waals surface area contributed by atoms with Gasteiger partial charge in [0.05, 0.1) is 21.0 Å². The average Bonchev–Trinajstić information content (AvgIpc) is 2.98. The predicted octanol–water partition coefficient (Wildman–Crippen LogP) is 2.80. The minimum atomic E-state index is -4.87. The lowest BCUT2D eigenvalue weighted by molar-refractivity contribution is -0.139. The van der Waals surface area contributed by atoms with Gasteiger partial charge in [-0.25, -0.2) is 18.2 Å². The van der Waals surface area contributed by atoms with Crippen LogP contribution in [0, 0.1) is 6.92 Å². The Kier molecular flexibility index (Phi) is 6.76. The second kappa shape index (κ2) is 8.60. The molecule has 13 heteroatoms. The van der Waals surface area contributed by atoms with Crippen molar-refractivity contribution >= 4 is 38.2 Å². The molecule has 2 aromatic rings. The monoisotopic (exact) mass is 464 g/mol. The van der Waals surface area contributed by atoms with Crippen LogP contribution in [0.1, 0.15) is 18.2 Å². The zero-order valence-electron chi connectivity index (χ0n) is 16.3. The van der Waals surface area contributed by atoms with E-state index in [4.69, 9.17) is 0 Å². The molecule has 164 valence electrons. The fourth-order valence-electron chi connectivity index (χ4n) is 2.55. The third-order valence-corrected chi connectivity index (χ3v) is 6.23. The Morgan fingerprint density at radius 2 is 1.87 bits per heavy atom. The number of alkyl halides is 3. The first-order valence-electron chi connectivity index (χ1n) is 8.42. The molecule has 8 nitrogen and oxygen atoms in total. The third kappa shape index (κ3) is 5.48. The van der Waals surface area contributed by atoms with Gasteiger partial charge in [0.1, 0.15) is 6.04 Å². The number of nitrogens with one attached hydrogen (secondary N) is 3. The normalized spacial score (nSPS) is 12.9. The van der Waals surface area contributed by atoms with Crippen molar-refractivity contribution < 1.29 is 31.2 Å². The minimum Gasteiger partial charge on any atom is -0.357 e. The van der Waals surface area contributed by atoms with Crippen molar-refractivity contribution in [2.75, 3.05) is 18.6 Å². The van der Waals surface area contributed by atoms with Crippen LogP contribution in [0.15, 0.2) is 23.1 Å². The molecule has 30 heavy (non-hydrogen) atoms. The van der Waals surface area contributed by atoms with Gasteiger partial charge in [-0.3, -0.25) is 10.1 Å². The van der Waals surface area contributed by atoms with E-state index in [0.717, 1.165) is 23.5 Å². The highest BCUT2D eigenvalue weighted by atomic mass is 32.2. The number of thiazole rings is 1. The number of hydrogen-bond acceptors (Lipinski definition) is 6. The van der Waals surface area contributed by atoms with Crippen LogP contribution in [-0.4, -0.2) is 44.7 Å². The molecule has 0 bridgehead atoms. The molecule has 0 unspecified atom stereocenters. The molecule has 1 atom stereocenters. The molecule has 0 aliphatic heterocycles. The molecule has 2 rings (SSSR count). The molecule has 1 heterocycles. The minimum absolute atomic E-state index is 0.102. The Labute approximate surface area is 174 Å². The number of aryl methyl sites for hydroxylation is 1. The molecule has 1 aromatic carbocycles. The maximum atomic E-state index is 13.4. The lowest BCUT2D eigenvalue weighted by Crippen LogP contribution is -2.45. The van der Waals surface area contributed by atoms with Crippen molar-refractivity contribution in [2.24, 2.45) is 0 Å². The number of aromatic nitrogens is 1. The average molecular weight is 464 g/mol. The van der Waals surface area contributed by atoms with E-state index in [2.05, 4.69) is 20.9 Å². The number of sulfone groups is 1. The standard InChI is InChI=1S/C17H19F3N4O4S2/c1-8-13(29-16(23-8)24-15(26)22-9(2)14(25)21-3)10-5-6-12(30(4,27)28)11(7-10)17(18,19)20/h5-7,9H,1-4H3,(H,21,25)(H2,22,23,24,26)/t9-/m0/s1. The highest BCUT2D eigenvalue weighted by molar-refractivity contribution is 7.90. The quantitative estimate of drug-likeness (QED) is 0.629. The van der Waals surface area contributed by atoms with Gasteiger partial charge in [-0.2, -0.15) is 13.2 Å². The summed E-state index contributed by atoms with van der Waals surface area (Å²) in [6.45, 7) is 3.01. The van der Waals surface area contributed by atoms with Gasteiger partial charge in [0.25, 0.3) is 0 Å². The summed E-state index contributed by atoms with van der Waals surface area (Å²) < 4.78 is 63.6. The summed E-state index contributed by atoms with van der Waals surface area (Å²) in [5.41, 5.74) is -0.825. The van der Waals surface area contributed by atoms with E-state index in [1.807, 2.05) is 0 Å². The van der Waals surface area contributed by atoms with Crippen molar-refractivity contribution in [3.8, 4) is 10.4 Å². The molecule has 0 saturated carbocycles. The van der Waals surface area contributed by atoms with Gasteiger partial charge in [0, 0.05) is 13.3 Å². The number of hydrogen-bond donors (Lipinski definition) is 3. The van der Waals surface area contributed by atoms with Crippen molar-refractivity contribution in [1.82, 2.24) is 15.6 Å².